The highest BCUT2D eigenvalue weighted by Crippen LogP contribution is 2.36. The molecule has 0 aromatic heterocycles. The fourth-order valence-corrected chi connectivity index (χ4v) is 4.01. The van der Waals surface area contributed by atoms with Crippen molar-refractivity contribution < 1.29 is 33.5 Å². The first kappa shape index (κ1) is 24.8. The Bertz CT molecular complexity index is 1150. The summed E-state index contributed by atoms with van der Waals surface area (Å²) in [6, 6.07) is 9.97. The van der Waals surface area contributed by atoms with E-state index in [2.05, 4.69) is 0 Å². The number of carbonyl (C=O) groups is 3. The molecule has 1 atom stereocenters. The van der Waals surface area contributed by atoms with Gasteiger partial charge in [-0.05, 0) is 67.1 Å². The van der Waals surface area contributed by atoms with Gasteiger partial charge in [0.2, 0.25) is 0 Å². The molecule has 1 aliphatic heterocycles. The van der Waals surface area contributed by atoms with Crippen LogP contribution in [0.2, 0.25) is 0 Å². The Balaban J connectivity index is 1.73. The van der Waals surface area contributed by atoms with E-state index in [4.69, 9.17) is 14.2 Å². The molecule has 0 saturated carbocycles. The molecule has 1 heterocycles. The quantitative estimate of drug-likeness (QED) is 0.222. The number of imide groups is 1. The molecule has 0 aliphatic carbocycles. The van der Waals surface area contributed by atoms with E-state index in [1.807, 2.05) is 0 Å². The van der Waals surface area contributed by atoms with Gasteiger partial charge in [-0.1, -0.05) is 6.07 Å². The molecule has 10 nitrogen and oxygen atoms in total. The van der Waals surface area contributed by atoms with Crippen LogP contribution in [0.5, 0.6) is 11.5 Å². The number of rotatable bonds is 9. The molecule has 34 heavy (non-hydrogen) atoms. The summed E-state index contributed by atoms with van der Waals surface area (Å²) < 4.78 is 16.1. The fraction of sp³-hybridized carbons (Fsp3) is 0.261. The minimum Gasteiger partial charge on any atom is -0.493 e. The smallest absolute Gasteiger partial charge is 0.329 e. The number of amides is 2. The zero-order valence-electron chi connectivity index (χ0n) is 18.7. The molecule has 1 fully saturated rings. The molecule has 3 rings (SSSR count). The minimum absolute atomic E-state index is 0.00764. The van der Waals surface area contributed by atoms with E-state index >= 15 is 0 Å². The van der Waals surface area contributed by atoms with Gasteiger partial charge in [-0.3, -0.25) is 24.6 Å². The van der Waals surface area contributed by atoms with Crippen LogP contribution in [-0.4, -0.2) is 46.7 Å². The summed E-state index contributed by atoms with van der Waals surface area (Å²) in [5.41, 5.74) is 1.32. The first-order valence-corrected chi connectivity index (χ1v) is 11.0. The highest BCUT2D eigenvalue weighted by molar-refractivity contribution is 8.18. The average Bonchev–Trinajstić information content (AvgIpc) is 3.10. The molecule has 2 amide bonds. The Labute approximate surface area is 199 Å². The first-order chi connectivity index (χ1) is 16.2. The van der Waals surface area contributed by atoms with Crippen LogP contribution in [0, 0.1) is 10.1 Å². The SMILES string of the molecule is CCOC(=O)[C@H](C)N1C(=O)S/C(=C/c2ccc(OCc3ccc([N+](=O)[O-])cc3)c(OC)c2)C1=O. The van der Waals surface area contributed by atoms with E-state index in [0.29, 0.717) is 17.1 Å². The van der Waals surface area contributed by atoms with E-state index in [1.54, 1.807) is 37.3 Å². The number of ether oxygens (including phenoxy) is 3. The van der Waals surface area contributed by atoms with Gasteiger partial charge in [0.25, 0.3) is 16.8 Å². The van der Waals surface area contributed by atoms with E-state index in [1.165, 1.54) is 32.2 Å². The number of hydrogen-bond acceptors (Lipinski definition) is 9. The molecular weight excluding hydrogens is 464 g/mol. The van der Waals surface area contributed by atoms with E-state index in [-0.39, 0.29) is 23.8 Å². The number of benzene rings is 2. The average molecular weight is 487 g/mol. The molecular formula is C23H22N2O8S. The van der Waals surface area contributed by atoms with E-state index in [0.717, 1.165) is 22.2 Å². The molecule has 1 aliphatic rings. The number of thioether (sulfide) groups is 1. The molecule has 0 radical (unpaired) electrons. The molecule has 2 aromatic carbocycles. The second kappa shape index (κ2) is 10.8. The normalized spacial score (nSPS) is 15.4. The maximum absolute atomic E-state index is 12.7. The summed E-state index contributed by atoms with van der Waals surface area (Å²) in [5, 5.41) is 10.2. The zero-order valence-corrected chi connectivity index (χ0v) is 19.5. The monoisotopic (exact) mass is 486 g/mol. The molecule has 178 valence electrons. The van der Waals surface area contributed by atoms with Gasteiger partial charge in [0, 0.05) is 12.1 Å². The largest absolute Gasteiger partial charge is 0.493 e. The van der Waals surface area contributed by atoms with E-state index < -0.39 is 28.1 Å². The summed E-state index contributed by atoms with van der Waals surface area (Å²) in [4.78, 5) is 48.4. The fourth-order valence-electron chi connectivity index (χ4n) is 3.10. The third-order valence-electron chi connectivity index (χ3n) is 4.87. The topological polar surface area (TPSA) is 125 Å². The Morgan fingerprint density at radius 1 is 1.18 bits per heavy atom. The van der Waals surface area contributed by atoms with Crippen LogP contribution in [0.1, 0.15) is 25.0 Å². The minimum atomic E-state index is -1.02. The highest BCUT2D eigenvalue weighted by Gasteiger charge is 2.41. The van der Waals surface area contributed by atoms with Gasteiger partial charge in [0.15, 0.2) is 11.5 Å². The predicted molar refractivity (Wildman–Crippen MR) is 124 cm³/mol. The second-order valence-corrected chi connectivity index (χ2v) is 8.10. The second-order valence-electron chi connectivity index (χ2n) is 7.10. The third kappa shape index (κ3) is 5.54. The lowest BCUT2D eigenvalue weighted by molar-refractivity contribution is -0.384. The van der Waals surface area contributed by atoms with Gasteiger partial charge >= 0.3 is 5.97 Å². The summed E-state index contributed by atoms with van der Waals surface area (Å²) in [6.45, 7) is 3.40. The molecule has 0 N–H and O–H groups in total. The van der Waals surface area contributed by atoms with Gasteiger partial charge < -0.3 is 14.2 Å². The summed E-state index contributed by atoms with van der Waals surface area (Å²) in [6.07, 6.45) is 1.53. The first-order valence-electron chi connectivity index (χ1n) is 10.2. The van der Waals surface area contributed by atoms with Crippen LogP contribution in [0.3, 0.4) is 0 Å². The lowest BCUT2D eigenvalue weighted by Crippen LogP contribution is -2.42. The summed E-state index contributed by atoms with van der Waals surface area (Å²) >= 11 is 0.740. The van der Waals surface area contributed by atoms with Crippen molar-refractivity contribution in [3.05, 3.63) is 68.6 Å². The van der Waals surface area contributed by atoms with Crippen molar-refractivity contribution in [2.24, 2.45) is 0 Å². The highest BCUT2D eigenvalue weighted by atomic mass is 32.2. The van der Waals surface area contributed by atoms with Crippen molar-refractivity contribution >= 4 is 40.6 Å². The molecule has 11 heteroatoms. The van der Waals surface area contributed by atoms with Crippen LogP contribution in [0.4, 0.5) is 10.5 Å². The summed E-state index contributed by atoms with van der Waals surface area (Å²) in [7, 11) is 1.47. The van der Waals surface area contributed by atoms with Crippen LogP contribution in [0.15, 0.2) is 47.4 Å². The zero-order chi connectivity index (χ0) is 24.8. The van der Waals surface area contributed by atoms with Gasteiger partial charge in [-0.15, -0.1) is 0 Å². The molecule has 0 spiro atoms. The van der Waals surface area contributed by atoms with Crippen LogP contribution in [0.25, 0.3) is 6.08 Å². The van der Waals surface area contributed by atoms with Crippen LogP contribution in [-0.2, 0) is 20.9 Å². The van der Waals surface area contributed by atoms with Crippen molar-refractivity contribution in [3.8, 4) is 11.5 Å². The van der Waals surface area contributed by atoms with Gasteiger partial charge in [-0.25, -0.2) is 4.79 Å². The number of non-ortho nitro benzene ring substituents is 1. The van der Waals surface area contributed by atoms with Gasteiger partial charge in [0.1, 0.15) is 12.6 Å². The van der Waals surface area contributed by atoms with Gasteiger partial charge in [-0.2, -0.15) is 0 Å². The number of carbonyl (C=O) groups excluding carboxylic acids is 3. The number of nitro groups is 1. The summed E-state index contributed by atoms with van der Waals surface area (Å²) in [5.74, 6) is -0.396. The number of methoxy groups -OCH3 is 1. The lowest BCUT2D eigenvalue weighted by Gasteiger charge is -2.19. The van der Waals surface area contributed by atoms with Crippen molar-refractivity contribution in [3.63, 3.8) is 0 Å². The Morgan fingerprint density at radius 3 is 2.50 bits per heavy atom. The molecule has 0 unspecified atom stereocenters. The standard InChI is InChI=1S/C23H22N2O8S/c1-4-32-22(27)14(2)24-21(26)20(34-23(24)28)12-16-7-10-18(19(11-16)31-3)33-13-15-5-8-17(9-6-15)25(29)30/h5-12,14H,4,13H2,1-3H3/b20-12+/t14-/m0/s1. The van der Waals surface area contributed by atoms with E-state index in [9.17, 15) is 24.5 Å². The lowest BCUT2D eigenvalue weighted by atomic mass is 10.1. The van der Waals surface area contributed by atoms with Crippen molar-refractivity contribution in [1.29, 1.82) is 0 Å². The number of hydrogen-bond donors (Lipinski definition) is 0. The van der Waals surface area contributed by atoms with Crippen LogP contribution < -0.4 is 9.47 Å². The maximum Gasteiger partial charge on any atom is 0.329 e. The third-order valence-corrected chi connectivity index (χ3v) is 5.75. The number of nitro benzene ring substituents is 1. The predicted octanol–water partition coefficient (Wildman–Crippen LogP) is 4.17. The maximum atomic E-state index is 12.7. The Kier molecular flexibility index (Phi) is 7.90. The molecule has 1 saturated heterocycles. The van der Waals surface area contributed by atoms with Gasteiger partial charge in [0.05, 0.1) is 23.5 Å². The Morgan fingerprint density at radius 2 is 1.88 bits per heavy atom. The number of nitrogens with zero attached hydrogens (tertiary/aromatic N) is 2. The van der Waals surface area contributed by atoms with Crippen molar-refractivity contribution in [2.75, 3.05) is 13.7 Å². The van der Waals surface area contributed by atoms with Crippen molar-refractivity contribution in [1.82, 2.24) is 4.90 Å². The molecule has 0 bridgehead atoms. The molecule has 2 aromatic rings. The number of esters is 1. The van der Waals surface area contributed by atoms with Crippen molar-refractivity contribution in [2.45, 2.75) is 26.5 Å². The Hall–Kier alpha value is -3.86. The van der Waals surface area contributed by atoms with Crippen LogP contribution >= 0.6 is 11.8 Å².